The summed E-state index contributed by atoms with van der Waals surface area (Å²) in [6.07, 6.45) is 1.77. The van der Waals surface area contributed by atoms with Crippen LogP contribution in [-0.2, 0) is 6.54 Å². The number of anilines is 2. The van der Waals surface area contributed by atoms with Crippen LogP contribution >= 0.6 is 22.9 Å². The fourth-order valence-electron chi connectivity index (χ4n) is 3.42. The van der Waals surface area contributed by atoms with Crippen molar-refractivity contribution in [2.75, 3.05) is 43.4 Å². The van der Waals surface area contributed by atoms with E-state index in [1.807, 2.05) is 17.5 Å². The normalized spacial score (nSPS) is 14.2. The van der Waals surface area contributed by atoms with Crippen molar-refractivity contribution in [1.29, 1.82) is 0 Å². The molecule has 4 rings (SSSR count). The lowest BCUT2D eigenvalue weighted by molar-refractivity contribution is 0.0949. The number of hydrogen-bond donors (Lipinski definition) is 2. The highest BCUT2D eigenvalue weighted by atomic mass is 35.5. The quantitative estimate of drug-likeness (QED) is 0.575. The summed E-state index contributed by atoms with van der Waals surface area (Å²) in [5, 5.41) is 7.90. The van der Waals surface area contributed by atoms with Crippen LogP contribution in [0.3, 0.4) is 0 Å². The maximum atomic E-state index is 12.7. The van der Waals surface area contributed by atoms with Gasteiger partial charge < -0.3 is 20.4 Å². The van der Waals surface area contributed by atoms with Crippen molar-refractivity contribution in [2.24, 2.45) is 0 Å². The second-order valence-electron chi connectivity index (χ2n) is 7.62. The van der Waals surface area contributed by atoms with Gasteiger partial charge in [-0.25, -0.2) is 4.98 Å². The highest BCUT2D eigenvalue weighted by molar-refractivity contribution is 7.12. The van der Waals surface area contributed by atoms with Crippen LogP contribution in [0.25, 0.3) is 0 Å². The van der Waals surface area contributed by atoms with Crippen molar-refractivity contribution in [3.63, 3.8) is 0 Å². The highest BCUT2D eigenvalue weighted by Crippen LogP contribution is 2.24. The molecule has 9 heteroatoms. The third-order valence-electron chi connectivity index (χ3n) is 5.31. The van der Waals surface area contributed by atoms with Gasteiger partial charge in [-0.2, -0.15) is 0 Å². The molecule has 7 nitrogen and oxygen atoms in total. The van der Waals surface area contributed by atoms with Crippen molar-refractivity contribution >= 4 is 46.3 Å². The van der Waals surface area contributed by atoms with Gasteiger partial charge in [-0.3, -0.25) is 9.59 Å². The number of hydrogen-bond acceptors (Lipinski definition) is 6. The Morgan fingerprint density at radius 3 is 2.66 bits per heavy atom. The van der Waals surface area contributed by atoms with E-state index in [-0.39, 0.29) is 11.8 Å². The number of piperazine rings is 1. The molecule has 1 aromatic carbocycles. The van der Waals surface area contributed by atoms with E-state index in [4.69, 9.17) is 11.6 Å². The van der Waals surface area contributed by atoms with Crippen molar-refractivity contribution in [3.05, 3.63) is 75.1 Å². The summed E-state index contributed by atoms with van der Waals surface area (Å²) in [6, 6.07) is 12.3. The van der Waals surface area contributed by atoms with Gasteiger partial charge in [-0.15, -0.1) is 11.3 Å². The number of pyridine rings is 1. The molecule has 2 N–H and O–H groups in total. The predicted octanol–water partition coefficient (Wildman–Crippen LogP) is 3.73. The molecule has 2 aromatic heterocycles. The molecule has 2 amide bonds. The van der Waals surface area contributed by atoms with Crippen molar-refractivity contribution in [2.45, 2.75) is 6.54 Å². The van der Waals surface area contributed by atoms with Gasteiger partial charge in [0.1, 0.15) is 5.82 Å². The minimum absolute atomic E-state index is 0.244. The smallest absolute Gasteiger partial charge is 0.265 e. The number of thiophene rings is 1. The average Bonchev–Trinajstić information content (AvgIpc) is 3.35. The Morgan fingerprint density at radius 2 is 1.91 bits per heavy atom. The summed E-state index contributed by atoms with van der Waals surface area (Å²) in [4.78, 5) is 34.7. The van der Waals surface area contributed by atoms with E-state index in [0.717, 1.165) is 37.6 Å². The maximum Gasteiger partial charge on any atom is 0.265 e. The standard InChI is InChI=1S/C23H24ClN5O2S/c1-28-8-10-29(11-9-28)21-13-16(6-7-25-21)15-26-22(30)17-4-5-18(24)19(14-17)27-23(31)20-3-2-12-32-20/h2-7,12-14H,8-11,15H2,1H3,(H,26,30)(H,27,31). The summed E-state index contributed by atoms with van der Waals surface area (Å²) >= 11 is 7.56. The van der Waals surface area contributed by atoms with Gasteiger partial charge in [0.2, 0.25) is 0 Å². The molecule has 166 valence electrons. The average molecular weight is 470 g/mol. The summed E-state index contributed by atoms with van der Waals surface area (Å²) in [5.41, 5.74) is 1.80. The van der Waals surface area contributed by atoms with Gasteiger partial charge in [0.05, 0.1) is 15.6 Å². The van der Waals surface area contributed by atoms with Crippen molar-refractivity contribution in [1.82, 2.24) is 15.2 Å². The predicted molar refractivity (Wildman–Crippen MR) is 129 cm³/mol. The molecule has 0 radical (unpaired) electrons. The number of carbonyl (C=O) groups excluding carboxylic acids is 2. The fourth-order valence-corrected chi connectivity index (χ4v) is 4.20. The summed E-state index contributed by atoms with van der Waals surface area (Å²) < 4.78 is 0. The molecule has 1 aliphatic rings. The van der Waals surface area contributed by atoms with Crippen LogP contribution < -0.4 is 15.5 Å². The number of benzene rings is 1. The molecule has 1 saturated heterocycles. The van der Waals surface area contributed by atoms with Crippen LogP contribution in [0.2, 0.25) is 5.02 Å². The van der Waals surface area contributed by atoms with E-state index in [1.165, 1.54) is 11.3 Å². The number of rotatable bonds is 6. The molecular formula is C23H24ClN5O2S. The number of amides is 2. The van der Waals surface area contributed by atoms with E-state index in [2.05, 4.69) is 32.5 Å². The number of halogens is 1. The van der Waals surface area contributed by atoms with Gasteiger partial charge in [-0.05, 0) is 54.4 Å². The van der Waals surface area contributed by atoms with E-state index in [0.29, 0.717) is 27.7 Å². The monoisotopic (exact) mass is 469 g/mol. The molecule has 0 unspecified atom stereocenters. The molecule has 1 aliphatic heterocycles. The van der Waals surface area contributed by atoms with E-state index >= 15 is 0 Å². The lowest BCUT2D eigenvalue weighted by Crippen LogP contribution is -2.44. The number of carbonyl (C=O) groups is 2. The first-order valence-electron chi connectivity index (χ1n) is 10.3. The first-order chi connectivity index (χ1) is 15.5. The van der Waals surface area contributed by atoms with Crippen molar-refractivity contribution in [3.8, 4) is 0 Å². The number of nitrogens with one attached hydrogen (secondary N) is 2. The molecule has 3 heterocycles. The van der Waals surface area contributed by atoms with Crippen LogP contribution in [0.5, 0.6) is 0 Å². The zero-order chi connectivity index (χ0) is 22.5. The topological polar surface area (TPSA) is 77.6 Å². The van der Waals surface area contributed by atoms with E-state index in [9.17, 15) is 9.59 Å². The van der Waals surface area contributed by atoms with Crippen molar-refractivity contribution < 1.29 is 9.59 Å². The van der Waals surface area contributed by atoms with Crippen LogP contribution in [0.1, 0.15) is 25.6 Å². The minimum atomic E-state index is -0.257. The molecule has 0 saturated carbocycles. The Hall–Kier alpha value is -2.94. The van der Waals surface area contributed by atoms with Gasteiger partial charge in [0.15, 0.2) is 0 Å². The Morgan fingerprint density at radius 1 is 1.09 bits per heavy atom. The van der Waals surface area contributed by atoms with Crippen LogP contribution in [0.4, 0.5) is 11.5 Å². The third kappa shape index (κ3) is 5.45. The fraction of sp³-hybridized carbons (Fsp3) is 0.261. The van der Waals surface area contributed by atoms with Crippen LogP contribution in [0.15, 0.2) is 54.0 Å². The summed E-state index contributed by atoms with van der Waals surface area (Å²) in [7, 11) is 2.12. The Bertz CT molecular complexity index is 1100. The zero-order valence-corrected chi connectivity index (χ0v) is 19.2. The Kier molecular flexibility index (Phi) is 7.04. The molecular weight excluding hydrogens is 446 g/mol. The van der Waals surface area contributed by atoms with Gasteiger partial charge in [0.25, 0.3) is 11.8 Å². The number of aromatic nitrogens is 1. The third-order valence-corrected chi connectivity index (χ3v) is 6.51. The van der Waals surface area contributed by atoms with E-state index < -0.39 is 0 Å². The largest absolute Gasteiger partial charge is 0.354 e. The SMILES string of the molecule is CN1CCN(c2cc(CNC(=O)c3ccc(Cl)c(NC(=O)c4cccs4)c3)ccn2)CC1. The molecule has 0 spiro atoms. The second kappa shape index (κ2) is 10.1. The molecule has 0 bridgehead atoms. The Balaban J connectivity index is 1.39. The highest BCUT2D eigenvalue weighted by Gasteiger charge is 2.16. The lowest BCUT2D eigenvalue weighted by atomic mass is 10.1. The Labute approximate surface area is 196 Å². The molecule has 3 aromatic rings. The maximum absolute atomic E-state index is 12.7. The molecule has 32 heavy (non-hydrogen) atoms. The first-order valence-corrected chi connectivity index (χ1v) is 11.6. The summed E-state index contributed by atoms with van der Waals surface area (Å²) in [6.45, 7) is 4.25. The number of likely N-dealkylation sites (N-methyl/N-ethyl adjacent to an activating group) is 1. The van der Waals surface area contributed by atoms with Crippen LogP contribution in [0, 0.1) is 0 Å². The number of nitrogens with zero attached hydrogens (tertiary/aromatic N) is 3. The van der Waals surface area contributed by atoms with Gasteiger partial charge in [-0.1, -0.05) is 17.7 Å². The second-order valence-corrected chi connectivity index (χ2v) is 8.98. The van der Waals surface area contributed by atoms with Gasteiger partial charge >= 0.3 is 0 Å². The van der Waals surface area contributed by atoms with Crippen LogP contribution in [-0.4, -0.2) is 54.9 Å². The zero-order valence-electron chi connectivity index (χ0n) is 17.7. The minimum Gasteiger partial charge on any atom is -0.354 e. The molecule has 0 aliphatic carbocycles. The first kappa shape index (κ1) is 22.3. The molecule has 0 atom stereocenters. The van der Waals surface area contributed by atoms with Gasteiger partial charge in [0, 0.05) is 44.5 Å². The lowest BCUT2D eigenvalue weighted by Gasteiger charge is -2.33. The summed E-state index contributed by atoms with van der Waals surface area (Å²) in [5.74, 6) is 0.425. The molecule has 1 fully saturated rings. The van der Waals surface area contributed by atoms with E-state index in [1.54, 1.807) is 36.5 Å².